The molecule has 0 aliphatic carbocycles. The second-order valence-electron chi connectivity index (χ2n) is 8.24. The van der Waals surface area contributed by atoms with Gasteiger partial charge in [-0.25, -0.2) is 4.90 Å². The van der Waals surface area contributed by atoms with Crippen molar-refractivity contribution in [1.82, 2.24) is 0 Å². The maximum atomic E-state index is 13.8. The van der Waals surface area contributed by atoms with Crippen molar-refractivity contribution in [2.24, 2.45) is 11.8 Å². The van der Waals surface area contributed by atoms with E-state index in [0.29, 0.717) is 5.69 Å². The molecular weight excluding hydrogens is 426 g/mol. The van der Waals surface area contributed by atoms with Crippen LogP contribution in [0.1, 0.15) is 13.8 Å². The molecule has 4 atom stereocenters. The highest BCUT2D eigenvalue weighted by Crippen LogP contribution is 2.55. The van der Waals surface area contributed by atoms with E-state index in [0.717, 1.165) is 11.1 Å². The highest BCUT2D eigenvalue weighted by Gasteiger charge is 2.72. The second kappa shape index (κ2) is 7.67. The number of esters is 2. The normalized spacial score (nSPS) is 27.2. The molecule has 3 aliphatic heterocycles. The summed E-state index contributed by atoms with van der Waals surface area (Å²) in [5.74, 6) is -4.14. The van der Waals surface area contributed by atoms with Gasteiger partial charge in [0.05, 0.1) is 23.6 Å². The molecule has 0 spiro atoms. The predicted molar refractivity (Wildman–Crippen MR) is 115 cm³/mol. The minimum absolute atomic E-state index is 0.408. The van der Waals surface area contributed by atoms with Crippen molar-refractivity contribution in [2.75, 3.05) is 4.90 Å². The highest BCUT2D eigenvalue weighted by molar-refractivity contribution is 6.24. The molecule has 168 valence electrons. The Morgan fingerprint density at radius 2 is 1.58 bits per heavy atom. The molecule has 5 rings (SSSR count). The van der Waals surface area contributed by atoms with Crippen LogP contribution in [0, 0.1) is 11.8 Å². The third-order valence-electron chi connectivity index (χ3n) is 6.22. The van der Waals surface area contributed by atoms with Gasteiger partial charge in [0.25, 0.3) is 6.29 Å². The number of para-hydroxylation sites is 1. The summed E-state index contributed by atoms with van der Waals surface area (Å²) in [6.45, 7) is 2.33. The number of anilines is 1. The number of imide groups is 1. The van der Waals surface area contributed by atoms with Crippen LogP contribution in [0.3, 0.4) is 0 Å². The number of rotatable bonds is 5. The molecule has 0 aromatic heterocycles. The van der Waals surface area contributed by atoms with E-state index in [1.807, 2.05) is 42.5 Å². The van der Waals surface area contributed by atoms with Crippen molar-refractivity contribution in [1.29, 1.82) is 0 Å². The van der Waals surface area contributed by atoms with Crippen LogP contribution in [0.4, 0.5) is 5.69 Å². The number of ether oxygens (including phenoxy) is 3. The molecular formula is C25H21NO7. The SMILES string of the molecule is CC(=O)OC(OC(C)=O)[C@]12C=C[C@H](O1)[C@@H]1C(=O)N(c3ccccc3-c3ccccc3)C(=O)[C@@H]12. The van der Waals surface area contributed by atoms with E-state index >= 15 is 0 Å². The average Bonchev–Trinajstić information content (AvgIpc) is 3.44. The largest absolute Gasteiger partial charge is 0.422 e. The second-order valence-corrected chi connectivity index (χ2v) is 8.24. The lowest BCUT2D eigenvalue weighted by atomic mass is 9.76. The van der Waals surface area contributed by atoms with Crippen LogP contribution < -0.4 is 4.90 Å². The Morgan fingerprint density at radius 1 is 0.939 bits per heavy atom. The zero-order chi connectivity index (χ0) is 23.3. The third kappa shape index (κ3) is 3.17. The van der Waals surface area contributed by atoms with E-state index in [9.17, 15) is 19.2 Å². The first-order chi connectivity index (χ1) is 15.8. The molecule has 0 unspecified atom stereocenters. The van der Waals surface area contributed by atoms with Crippen LogP contribution in [0.15, 0.2) is 66.7 Å². The fourth-order valence-corrected chi connectivity index (χ4v) is 4.98. The van der Waals surface area contributed by atoms with Crippen molar-refractivity contribution in [3.8, 4) is 11.1 Å². The topological polar surface area (TPSA) is 99.2 Å². The Kier molecular flexibility index (Phi) is 4.90. The quantitative estimate of drug-likeness (QED) is 0.301. The Hall–Kier alpha value is -3.78. The molecule has 2 amide bonds. The molecule has 3 heterocycles. The van der Waals surface area contributed by atoms with Gasteiger partial charge in [0.15, 0.2) is 5.60 Å². The van der Waals surface area contributed by atoms with E-state index in [1.165, 1.54) is 18.7 Å². The number of nitrogens with zero attached hydrogens (tertiary/aromatic N) is 1. The maximum Gasteiger partial charge on any atom is 0.305 e. The molecule has 33 heavy (non-hydrogen) atoms. The van der Waals surface area contributed by atoms with Gasteiger partial charge in [-0.1, -0.05) is 54.6 Å². The first kappa shape index (κ1) is 21.1. The van der Waals surface area contributed by atoms with E-state index in [-0.39, 0.29) is 0 Å². The monoisotopic (exact) mass is 447 g/mol. The fraction of sp³-hybridized carbons (Fsp3) is 0.280. The smallest absolute Gasteiger partial charge is 0.305 e. The van der Waals surface area contributed by atoms with Crippen molar-refractivity contribution in [3.05, 3.63) is 66.7 Å². The van der Waals surface area contributed by atoms with Gasteiger partial charge < -0.3 is 14.2 Å². The van der Waals surface area contributed by atoms with Gasteiger partial charge in [0.1, 0.15) is 0 Å². The van der Waals surface area contributed by atoms with Gasteiger partial charge in [0.2, 0.25) is 11.8 Å². The summed E-state index contributed by atoms with van der Waals surface area (Å²) in [6, 6.07) is 16.6. The summed E-state index contributed by atoms with van der Waals surface area (Å²) in [4.78, 5) is 52.0. The molecule has 2 bridgehead atoms. The van der Waals surface area contributed by atoms with Crippen LogP contribution in [-0.2, 0) is 33.4 Å². The maximum absolute atomic E-state index is 13.8. The first-order valence-electron chi connectivity index (χ1n) is 10.6. The summed E-state index contributed by atoms with van der Waals surface area (Å²) >= 11 is 0. The zero-order valence-corrected chi connectivity index (χ0v) is 18.0. The van der Waals surface area contributed by atoms with Crippen LogP contribution in [0.5, 0.6) is 0 Å². The minimum atomic E-state index is -1.57. The van der Waals surface area contributed by atoms with Crippen LogP contribution in [0.25, 0.3) is 11.1 Å². The van der Waals surface area contributed by atoms with Crippen molar-refractivity contribution in [3.63, 3.8) is 0 Å². The lowest BCUT2D eigenvalue weighted by Crippen LogP contribution is -2.52. The van der Waals surface area contributed by atoms with Crippen molar-refractivity contribution in [2.45, 2.75) is 31.8 Å². The lowest BCUT2D eigenvalue weighted by molar-refractivity contribution is -0.226. The van der Waals surface area contributed by atoms with E-state index in [4.69, 9.17) is 14.2 Å². The number of hydrogen-bond donors (Lipinski definition) is 0. The van der Waals surface area contributed by atoms with Gasteiger partial charge in [-0.05, 0) is 17.7 Å². The van der Waals surface area contributed by atoms with Gasteiger partial charge in [-0.3, -0.25) is 19.2 Å². The summed E-state index contributed by atoms with van der Waals surface area (Å²) in [7, 11) is 0. The van der Waals surface area contributed by atoms with Gasteiger partial charge in [0, 0.05) is 19.4 Å². The predicted octanol–water partition coefficient (Wildman–Crippen LogP) is 2.62. The van der Waals surface area contributed by atoms with Gasteiger partial charge >= 0.3 is 11.9 Å². The Bertz CT molecular complexity index is 1170. The van der Waals surface area contributed by atoms with Crippen molar-refractivity contribution >= 4 is 29.4 Å². The lowest BCUT2D eigenvalue weighted by Gasteiger charge is -2.34. The summed E-state index contributed by atoms with van der Waals surface area (Å²) < 4.78 is 16.5. The number of benzene rings is 2. The standard InChI is InChI=1S/C25H21NO7/c1-14(27)31-24(32-15(2)28)25-13-12-19(33-25)20-21(25)23(30)26(22(20)29)18-11-7-6-10-17(18)16-8-4-3-5-9-16/h3-13,19-21,24H,1-2H3/t19-,20-,21+,25+/m0/s1. The molecule has 8 nitrogen and oxygen atoms in total. The molecule has 2 aromatic rings. The van der Waals surface area contributed by atoms with Crippen LogP contribution in [0.2, 0.25) is 0 Å². The van der Waals surface area contributed by atoms with Gasteiger partial charge in [-0.2, -0.15) is 0 Å². The summed E-state index contributed by atoms with van der Waals surface area (Å²) in [6.07, 6.45) is 1.02. The Labute approximate surface area is 189 Å². The summed E-state index contributed by atoms with van der Waals surface area (Å²) in [5, 5.41) is 0. The number of amides is 2. The molecule has 0 radical (unpaired) electrons. The minimum Gasteiger partial charge on any atom is -0.422 e. The highest BCUT2D eigenvalue weighted by atomic mass is 16.7. The molecule has 3 aliphatic rings. The van der Waals surface area contributed by atoms with Crippen LogP contribution >= 0.6 is 0 Å². The Morgan fingerprint density at radius 3 is 2.24 bits per heavy atom. The molecule has 2 fully saturated rings. The zero-order valence-electron chi connectivity index (χ0n) is 18.0. The number of fused-ring (bicyclic) bond motifs is 5. The Balaban J connectivity index is 1.58. The molecule has 2 aromatic carbocycles. The molecule has 8 heteroatoms. The molecule has 0 N–H and O–H groups in total. The van der Waals surface area contributed by atoms with E-state index in [2.05, 4.69) is 0 Å². The van der Waals surface area contributed by atoms with E-state index in [1.54, 1.807) is 24.3 Å². The number of hydrogen-bond acceptors (Lipinski definition) is 7. The van der Waals surface area contributed by atoms with Crippen molar-refractivity contribution < 1.29 is 33.4 Å². The van der Waals surface area contributed by atoms with Gasteiger partial charge in [-0.15, -0.1) is 0 Å². The number of carbonyl (C=O) groups is 4. The molecule has 0 saturated carbocycles. The number of carbonyl (C=O) groups excluding carboxylic acids is 4. The fourth-order valence-electron chi connectivity index (χ4n) is 4.98. The average molecular weight is 447 g/mol. The van der Waals surface area contributed by atoms with E-state index < -0.39 is 53.6 Å². The van der Waals surface area contributed by atoms with Crippen LogP contribution in [-0.4, -0.2) is 41.7 Å². The first-order valence-corrected chi connectivity index (χ1v) is 10.6. The molecule has 2 saturated heterocycles. The summed E-state index contributed by atoms with van der Waals surface area (Å²) in [5.41, 5.74) is 0.469. The third-order valence-corrected chi connectivity index (χ3v) is 6.22.